The molecule has 3 heterocycles. The second kappa shape index (κ2) is 15.7. The van der Waals surface area contributed by atoms with E-state index in [1.807, 2.05) is 36.4 Å². The van der Waals surface area contributed by atoms with Crippen molar-refractivity contribution >= 4 is 43.6 Å². The van der Waals surface area contributed by atoms with Gasteiger partial charge in [-0.25, -0.2) is 15.0 Å². The van der Waals surface area contributed by atoms with Crippen LogP contribution >= 0.6 is 0 Å². The van der Waals surface area contributed by atoms with E-state index in [1.54, 1.807) is 0 Å². The third-order valence-corrected chi connectivity index (χ3v) is 13.0. The molecular weight excluding hydrogens is 803 g/mol. The highest BCUT2D eigenvalue weighted by Gasteiger charge is 2.22. The van der Waals surface area contributed by atoms with Gasteiger partial charge in [0.1, 0.15) is 0 Å². The number of rotatable bonds is 7. The van der Waals surface area contributed by atoms with E-state index in [0.717, 1.165) is 44.7 Å². The van der Waals surface area contributed by atoms with Crippen LogP contribution in [0.2, 0.25) is 0 Å². The molecule has 5 nitrogen and oxygen atoms in total. The first kappa shape index (κ1) is 39.2. The van der Waals surface area contributed by atoms with Crippen molar-refractivity contribution in [3.8, 4) is 67.8 Å². The molecule has 12 rings (SSSR count). The van der Waals surface area contributed by atoms with E-state index in [1.165, 1.54) is 54.8 Å². The SMILES string of the molecule is CC(C)(C)c1ccc2c(c1)c1cc(-c3ccccc3-c3nc(-c4ccccc4)nc(-c4ccccc4)n3)ccc1n2-c1ccc(-c2cccc3c4ccccc4n(-c4ccccc4)c23)cc1. The summed E-state index contributed by atoms with van der Waals surface area (Å²) in [4.78, 5) is 15.2. The van der Waals surface area contributed by atoms with E-state index in [9.17, 15) is 0 Å². The Kier molecular flexibility index (Phi) is 9.32. The lowest BCUT2D eigenvalue weighted by Crippen LogP contribution is -2.10. The fourth-order valence-electron chi connectivity index (χ4n) is 9.68. The van der Waals surface area contributed by atoms with Gasteiger partial charge in [0.05, 0.1) is 22.1 Å². The van der Waals surface area contributed by atoms with Crippen molar-refractivity contribution in [2.75, 3.05) is 0 Å². The lowest BCUT2D eigenvalue weighted by atomic mass is 9.86. The minimum Gasteiger partial charge on any atom is -0.309 e. The molecule has 0 fully saturated rings. The van der Waals surface area contributed by atoms with Gasteiger partial charge in [-0.3, -0.25) is 0 Å². The second-order valence-corrected chi connectivity index (χ2v) is 18.1. The maximum absolute atomic E-state index is 5.13. The molecule has 314 valence electrons. The van der Waals surface area contributed by atoms with E-state index >= 15 is 0 Å². The lowest BCUT2D eigenvalue weighted by Gasteiger charge is -2.19. The number of nitrogens with zero attached hydrogens (tertiary/aromatic N) is 5. The number of hydrogen-bond donors (Lipinski definition) is 0. The summed E-state index contributed by atoms with van der Waals surface area (Å²) in [5, 5.41) is 4.90. The Hall–Kier alpha value is -8.41. The maximum atomic E-state index is 5.13. The fourth-order valence-corrected chi connectivity index (χ4v) is 9.68. The van der Waals surface area contributed by atoms with Crippen molar-refractivity contribution in [1.29, 1.82) is 0 Å². The molecule has 0 aliphatic rings. The summed E-state index contributed by atoms with van der Waals surface area (Å²) in [7, 11) is 0. The fraction of sp³-hybridized carbons (Fsp3) is 0.0656. The van der Waals surface area contributed by atoms with E-state index in [0.29, 0.717) is 17.5 Å². The summed E-state index contributed by atoms with van der Waals surface area (Å²) in [6, 6.07) is 77.9. The molecule has 9 aromatic carbocycles. The Balaban J connectivity index is 1.01. The third kappa shape index (κ3) is 6.67. The molecule has 3 aromatic heterocycles. The molecule has 0 unspecified atom stereocenters. The monoisotopic (exact) mass is 847 g/mol. The Morgan fingerprint density at radius 1 is 0.318 bits per heavy atom. The van der Waals surface area contributed by atoms with Crippen LogP contribution < -0.4 is 0 Å². The topological polar surface area (TPSA) is 48.5 Å². The van der Waals surface area contributed by atoms with Gasteiger partial charge >= 0.3 is 0 Å². The highest BCUT2D eigenvalue weighted by molar-refractivity contribution is 6.14. The average molecular weight is 848 g/mol. The summed E-state index contributed by atoms with van der Waals surface area (Å²) in [5.74, 6) is 1.92. The van der Waals surface area contributed by atoms with Gasteiger partial charge in [-0.2, -0.15) is 0 Å². The van der Waals surface area contributed by atoms with Crippen LogP contribution in [0.3, 0.4) is 0 Å². The Morgan fingerprint density at radius 3 is 1.50 bits per heavy atom. The first-order chi connectivity index (χ1) is 32.4. The van der Waals surface area contributed by atoms with Gasteiger partial charge in [0.25, 0.3) is 0 Å². The number of benzene rings is 9. The summed E-state index contributed by atoms with van der Waals surface area (Å²) >= 11 is 0. The summed E-state index contributed by atoms with van der Waals surface area (Å²) in [6.07, 6.45) is 0. The van der Waals surface area contributed by atoms with E-state index in [-0.39, 0.29) is 5.41 Å². The Bertz CT molecular complexity index is 3710. The van der Waals surface area contributed by atoms with Gasteiger partial charge in [-0.15, -0.1) is 0 Å². The molecule has 0 aliphatic carbocycles. The van der Waals surface area contributed by atoms with E-state index in [4.69, 9.17) is 15.0 Å². The molecule has 66 heavy (non-hydrogen) atoms. The molecule has 0 atom stereocenters. The average Bonchev–Trinajstić information content (AvgIpc) is 3.89. The van der Waals surface area contributed by atoms with Crippen LogP contribution in [0.1, 0.15) is 26.3 Å². The molecule has 0 bridgehead atoms. The van der Waals surface area contributed by atoms with E-state index < -0.39 is 0 Å². The zero-order valence-corrected chi connectivity index (χ0v) is 37.0. The molecular formula is C61H45N5. The highest BCUT2D eigenvalue weighted by atomic mass is 15.0. The van der Waals surface area contributed by atoms with Crippen LogP contribution in [-0.2, 0) is 5.41 Å². The van der Waals surface area contributed by atoms with Crippen LogP contribution in [0.4, 0.5) is 0 Å². The van der Waals surface area contributed by atoms with Crippen molar-refractivity contribution in [1.82, 2.24) is 24.1 Å². The summed E-state index contributed by atoms with van der Waals surface area (Å²) < 4.78 is 4.83. The molecule has 0 N–H and O–H groups in total. The van der Waals surface area contributed by atoms with Crippen LogP contribution in [-0.4, -0.2) is 24.1 Å². The number of para-hydroxylation sites is 3. The number of aromatic nitrogens is 5. The van der Waals surface area contributed by atoms with Crippen LogP contribution in [0.25, 0.3) is 111 Å². The number of fused-ring (bicyclic) bond motifs is 6. The molecule has 0 saturated carbocycles. The quantitative estimate of drug-likeness (QED) is 0.161. The predicted octanol–water partition coefficient (Wildman–Crippen LogP) is 15.7. The summed E-state index contributed by atoms with van der Waals surface area (Å²) in [6.45, 7) is 6.86. The largest absolute Gasteiger partial charge is 0.309 e. The lowest BCUT2D eigenvalue weighted by molar-refractivity contribution is 0.591. The van der Waals surface area contributed by atoms with Crippen molar-refractivity contribution in [3.63, 3.8) is 0 Å². The van der Waals surface area contributed by atoms with Crippen molar-refractivity contribution in [2.24, 2.45) is 0 Å². The van der Waals surface area contributed by atoms with Gasteiger partial charge in [-0.05, 0) is 82.3 Å². The van der Waals surface area contributed by atoms with Crippen LogP contribution in [0, 0.1) is 0 Å². The molecule has 5 heteroatoms. The molecule has 0 amide bonds. The molecule has 12 aromatic rings. The Labute approximate surface area is 384 Å². The smallest absolute Gasteiger partial charge is 0.164 e. The van der Waals surface area contributed by atoms with Gasteiger partial charge < -0.3 is 9.13 Å². The van der Waals surface area contributed by atoms with Crippen LogP contribution in [0.15, 0.2) is 218 Å². The molecule has 0 spiro atoms. The first-order valence-corrected chi connectivity index (χ1v) is 22.6. The van der Waals surface area contributed by atoms with Gasteiger partial charge in [0.15, 0.2) is 17.5 Å². The molecule has 0 saturated heterocycles. The number of hydrogen-bond acceptors (Lipinski definition) is 3. The summed E-state index contributed by atoms with van der Waals surface area (Å²) in [5.41, 5.74) is 15.6. The van der Waals surface area contributed by atoms with Gasteiger partial charge in [-0.1, -0.05) is 185 Å². The molecule has 0 radical (unpaired) electrons. The van der Waals surface area contributed by atoms with E-state index in [2.05, 4.69) is 212 Å². The molecule has 0 aliphatic heterocycles. The van der Waals surface area contributed by atoms with Gasteiger partial charge in [0.2, 0.25) is 0 Å². The van der Waals surface area contributed by atoms with Crippen molar-refractivity contribution < 1.29 is 0 Å². The Morgan fingerprint density at radius 2 is 0.818 bits per heavy atom. The minimum absolute atomic E-state index is 0.0245. The second-order valence-electron chi connectivity index (χ2n) is 18.1. The standard InChI is InChI=1S/C61H45N5/c1-61(2,3)44-33-37-56-53(39-44)52-38-43(47-24-13-14-26-51(47)60-63-58(41-18-7-4-8-19-41)62-59(64-60)42-20-9-5-10-21-42)32-36-55(52)65(56)46-34-30-40(31-35-46)48-27-17-28-50-49-25-15-16-29-54(49)66(57(48)50)45-22-11-6-12-23-45/h4-39H,1-3H3. The predicted molar refractivity (Wildman–Crippen MR) is 274 cm³/mol. The zero-order valence-electron chi connectivity index (χ0n) is 37.0. The van der Waals surface area contributed by atoms with Crippen molar-refractivity contribution in [2.45, 2.75) is 26.2 Å². The van der Waals surface area contributed by atoms with Crippen LogP contribution in [0.5, 0.6) is 0 Å². The normalized spacial score (nSPS) is 11.9. The van der Waals surface area contributed by atoms with Gasteiger partial charge in [0, 0.05) is 55.2 Å². The first-order valence-electron chi connectivity index (χ1n) is 22.6. The minimum atomic E-state index is -0.0245. The highest BCUT2D eigenvalue weighted by Crippen LogP contribution is 2.42. The third-order valence-electron chi connectivity index (χ3n) is 13.0. The maximum Gasteiger partial charge on any atom is 0.164 e. The zero-order chi connectivity index (χ0) is 44.4. The van der Waals surface area contributed by atoms with Crippen molar-refractivity contribution in [3.05, 3.63) is 224 Å².